The van der Waals surface area contributed by atoms with Crippen LogP contribution in [-0.4, -0.2) is 20.2 Å². The third-order valence-corrected chi connectivity index (χ3v) is 4.31. The molecule has 1 heterocycles. The molecule has 0 spiro atoms. The normalized spacial score (nSPS) is 17.9. The first-order valence-electron chi connectivity index (χ1n) is 7.71. The van der Waals surface area contributed by atoms with E-state index < -0.39 is 0 Å². The van der Waals surface area contributed by atoms with Crippen molar-refractivity contribution >= 4 is 0 Å². The Bertz CT molecular complexity index is 621. The second-order valence-corrected chi connectivity index (χ2v) is 5.92. The number of methoxy groups -OCH3 is 1. The minimum atomic E-state index is 0.591. The molecule has 2 aromatic rings. The summed E-state index contributed by atoms with van der Waals surface area (Å²) >= 11 is 0. The van der Waals surface area contributed by atoms with Gasteiger partial charge in [0.25, 0.3) is 0 Å². The number of ether oxygens (including phenoxy) is 1. The number of hydrogen-bond donors (Lipinski definition) is 1. The fourth-order valence-electron chi connectivity index (χ4n) is 3.11. The van der Waals surface area contributed by atoms with E-state index in [0.29, 0.717) is 5.92 Å². The molecule has 21 heavy (non-hydrogen) atoms. The summed E-state index contributed by atoms with van der Waals surface area (Å²) < 4.78 is 5.31. The maximum atomic E-state index is 5.31. The first kappa shape index (κ1) is 14.2. The Morgan fingerprint density at radius 3 is 2.86 bits per heavy atom. The molecule has 0 saturated carbocycles. The van der Waals surface area contributed by atoms with Crippen molar-refractivity contribution in [2.75, 3.05) is 20.2 Å². The van der Waals surface area contributed by atoms with Crippen molar-refractivity contribution in [3.05, 3.63) is 64.7 Å². The lowest BCUT2D eigenvalue weighted by Crippen LogP contribution is -2.18. The molecule has 1 atom stereocenters. The number of benzene rings is 2. The minimum absolute atomic E-state index is 0.591. The van der Waals surface area contributed by atoms with Crippen molar-refractivity contribution in [2.24, 2.45) is 0 Å². The van der Waals surface area contributed by atoms with Crippen LogP contribution in [0.5, 0.6) is 5.75 Å². The molecule has 1 aliphatic heterocycles. The van der Waals surface area contributed by atoms with Crippen LogP contribution in [0, 0.1) is 0 Å². The fraction of sp³-hybridized carbons (Fsp3) is 0.368. The van der Waals surface area contributed by atoms with Gasteiger partial charge in [0.15, 0.2) is 0 Å². The summed E-state index contributed by atoms with van der Waals surface area (Å²) in [4.78, 5) is 0. The molecule has 1 N–H and O–H groups in total. The summed E-state index contributed by atoms with van der Waals surface area (Å²) in [7, 11) is 1.72. The Balaban J connectivity index is 1.86. The van der Waals surface area contributed by atoms with Crippen LogP contribution in [0.15, 0.2) is 42.5 Å². The number of rotatable bonds is 3. The maximum absolute atomic E-state index is 5.31. The summed E-state index contributed by atoms with van der Waals surface area (Å²) in [5, 5.41) is 3.51. The molecule has 0 aliphatic carbocycles. The lowest BCUT2D eigenvalue weighted by molar-refractivity contribution is 0.414. The zero-order chi connectivity index (χ0) is 14.7. The van der Waals surface area contributed by atoms with E-state index in [1.165, 1.54) is 22.3 Å². The fourth-order valence-corrected chi connectivity index (χ4v) is 3.11. The van der Waals surface area contributed by atoms with Crippen molar-refractivity contribution in [1.82, 2.24) is 5.32 Å². The lowest BCUT2D eigenvalue weighted by atomic mass is 9.91. The first-order valence-corrected chi connectivity index (χ1v) is 7.71. The molecule has 0 radical (unpaired) electrons. The van der Waals surface area contributed by atoms with Gasteiger partial charge in [0, 0.05) is 6.54 Å². The van der Waals surface area contributed by atoms with E-state index in [1.807, 2.05) is 6.07 Å². The van der Waals surface area contributed by atoms with E-state index in [4.69, 9.17) is 4.74 Å². The molecule has 1 aliphatic rings. The Labute approximate surface area is 127 Å². The zero-order valence-corrected chi connectivity index (χ0v) is 12.9. The summed E-state index contributed by atoms with van der Waals surface area (Å²) in [6, 6.07) is 15.3. The van der Waals surface area contributed by atoms with Crippen LogP contribution in [0.25, 0.3) is 0 Å². The number of hydrogen-bond acceptors (Lipinski definition) is 2. The van der Waals surface area contributed by atoms with Crippen LogP contribution < -0.4 is 10.1 Å². The summed E-state index contributed by atoms with van der Waals surface area (Å²) in [6.45, 7) is 4.48. The predicted octanol–water partition coefficient (Wildman–Crippen LogP) is 3.54. The smallest absolute Gasteiger partial charge is 0.119 e. The zero-order valence-electron chi connectivity index (χ0n) is 12.9. The lowest BCUT2D eigenvalue weighted by Gasteiger charge is -2.14. The monoisotopic (exact) mass is 281 g/mol. The highest BCUT2D eigenvalue weighted by Gasteiger charge is 2.14. The van der Waals surface area contributed by atoms with Gasteiger partial charge in [-0.15, -0.1) is 0 Å². The maximum Gasteiger partial charge on any atom is 0.119 e. The second kappa shape index (κ2) is 6.31. The average molecular weight is 281 g/mol. The largest absolute Gasteiger partial charge is 0.497 e. The molecular weight excluding hydrogens is 258 g/mol. The van der Waals surface area contributed by atoms with Crippen LogP contribution in [0.1, 0.15) is 35.1 Å². The quantitative estimate of drug-likeness (QED) is 0.929. The van der Waals surface area contributed by atoms with Gasteiger partial charge in [-0.25, -0.2) is 0 Å². The van der Waals surface area contributed by atoms with Crippen LogP contribution in [0.3, 0.4) is 0 Å². The van der Waals surface area contributed by atoms with Crippen molar-refractivity contribution in [1.29, 1.82) is 0 Å². The van der Waals surface area contributed by atoms with Gasteiger partial charge < -0.3 is 10.1 Å². The van der Waals surface area contributed by atoms with E-state index in [0.717, 1.165) is 31.7 Å². The van der Waals surface area contributed by atoms with Gasteiger partial charge in [-0.05, 0) is 59.7 Å². The van der Waals surface area contributed by atoms with Gasteiger partial charge in [-0.2, -0.15) is 0 Å². The molecule has 3 rings (SSSR count). The van der Waals surface area contributed by atoms with E-state index >= 15 is 0 Å². The molecule has 2 aromatic carbocycles. The number of fused-ring (bicyclic) bond motifs is 1. The highest BCUT2D eigenvalue weighted by molar-refractivity contribution is 5.39. The molecule has 0 saturated heterocycles. The molecular formula is C19H23NO. The highest BCUT2D eigenvalue weighted by Crippen LogP contribution is 2.25. The molecule has 2 heteroatoms. The Kier molecular flexibility index (Phi) is 4.26. The van der Waals surface area contributed by atoms with E-state index in [2.05, 4.69) is 48.6 Å². The van der Waals surface area contributed by atoms with E-state index in [9.17, 15) is 0 Å². The molecule has 0 bridgehead atoms. The Morgan fingerprint density at radius 1 is 1.14 bits per heavy atom. The second-order valence-electron chi connectivity index (χ2n) is 5.92. The summed E-state index contributed by atoms with van der Waals surface area (Å²) in [5.74, 6) is 1.52. The highest BCUT2D eigenvalue weighted by atomic mass is 16.5. The van der Waals surface area contributed by atoms with Crippen molar-refractivity contribution in [3.8, 4) is 5.75 Å². The summed E-state index contributed by atoms with van der Waals surface area (Å²) in [5.41, 5.74) is 5.70. The Hall–Kier alpha value is -1.80. The van der Waals surface area contributed by atoms with Crippen LogP contribution in [0.4, 0.5) is 0 Å². The van der Waals surface area contributed by atoms with Gasteiger partial charge in [-0.3, -0.25) is 0 Å². The molecule has 2 nitrogen and oxygen atoms in total. The molecule has 0 fully saturated rings. The van der Waals surface area contributed by atoms with Gasteiger partial charge in [-0.1, -0.05) is 37.3 Å². The van der Waals surface area contributed by atoms with Crippen LogP contribution >= 0.6 is 0 Å². The summed E-state index contributed by atoms with van der Waals surface area (Å²) in [6.07, 6.45) is 2.10. The van der Waals surface area contributed by atoms with Gasteiger partial charge in [0.05, 0.1) is 7.11 Å². The molecule has 110 valence electrons. The van der Waals surface area contributed by atoms with Gasteiger partial charge in [0.2, 0.25) is 0 Å². The van der Waals surface area contributed by atoms with Crippen LogP contribution in [0.2, 0.25) is 0 Å². The minimum Gasteiger partial charge on any atom is -0.497 e. The standard InChI is InChI=1S/C19H23NO/c1-14-13-20-9-8-17-7-6-16(12-19(14)17)10-15-4-3-5-18(11-15)21-2/h3-7,11-12,14,20H,8-10,13H2,1-2H3. The van der Waals surface area contributed by atoms with Crippen molar-refractivity contribution in [2.45, 2.75) is 25.7 Å². The Morgan fingerprint density at radius 2 is 2.00 bits per heavy atom. The predicted molar refractivity (Wildman–Crippen MR) is 87.2 cm³/mol. The third kappa shape index (κ3) is 3.27. The van der Waals surface area contributed by atoms with Gasteiger partial charge in [0.1, 0.15) is 5.75 Å². The van der Waals surface area contributed by atoms with Crippen LogP contribution in [-0.2, 0) is 12.8 Å². The first-order chi connectivity index (χ1) is 10.3. The SMILES string of the molecule is COc1cccc(Cc2ccc3c(c2)C(C)CNCC3)c1. The van der Waals surface area contributed by atoms with E-state index in [1.54, 1.807) is 7.11 Å². The molecule has 1 unspecified atom stereocenters. The van der Waals surface area contributed by atoms with Crippen molar-refractivity contribution < 1.29 is 4.74 Å². The van der Waals surface area contributed by atoms with Gasteiger partial charge >= 0.3 is 0 Å². The number of nitrogens with one attached hydrogen (secondary N) is 1. The third-order valence-electron chi connectivity index (χ3n) is 4.31. The molecule has 0 aromatic heterocycles. The van der Waals surface area contributed by atoms with Crippen molar-refractivity contribution in [3.63, 3.8) is 0 Å². The van der Waals surface area contributed by atoms with E-state index in [-0.39, 0.29) is 0 Å². The topological polar surface area (TPSA) is 21.3 Å². The average Bonchev–Trinajstić information content (AvgIpc) is 2.70. The molecule has 0 amide bonds.